The first-order valence-electron chi connectivity index (χ1n) is 6.38. The minimum absolute atomic E-state index is 0.0942. The maximum Gasteiger partial charge on any atom is 0.182 e. The Morgan fingerprint density at radius 2 is 1.71 bits per heavy atom. The minimum atomic E-state index is -0.842. The van der Waals surface area contributed by atoms with E-state index in [1.807, 2.05) is 18.2 Å². The molecule has 0 radical (unpaired) electrons. The Morgan fingerprint density at radius 3 is 2.33 bits per heavy atom. The number of Topliss-reactive ketones (excluding diaryl/α,β-unsaturated/α-hetero) is 1. The second-order valence-corrected chi connectivity index (χ2v) is 5.19. The number of carbonyl (C=O) groups is 1. The van der Waals surface area contributed by atoms with Crippen molar-refractivity contribution in [3.63, 3.8) is 0 Å². The van der Waals surface area contributed by atoms with E-state index in [0.29, 0.717) is 11.6 Å². The van der Waals surface area contributed by atoms with Gasteiger partial charge in [-0.3, -0.25) is 9.69 Å². The summed E-state index contributed by atoms with van der Waals surface area (Å²) < 4.78 is 27.1. The molecule has 0 fully saturated rings. The van der Waals surface area contributed by atoms with Gasteiger partial charge in [0.05, 0.1) is 12.1 Å². The molecule has 0 N–H and O–H groups in total. The van der Waals surface area contributed by atoms with Crippen LogP contribution in [0, 0.1) is 11.6 Å². The van der Waals surface area contributed by atoms with Crippen molar-refractivity contribution in [2.24, 2.45) is 0 Å². The first-order valence-corrected chi connectivity index (χ1v) is 6.76. The van der Waals surface area contributed by atoms with Gasteiger partial charge in [-0.15, -0.1) is 0 Å². The number of benzene rings is 2. The molecule has 0 unspecified atom stereocenters. The predicted octanol–water partition coefficient (Wildman–Crippen LogP) is 3.93. The number of carbonyl (C=O) groups excluding carboxylic acids is 1. The molecule has 0 saturated carbocycles. The molecule has 110 valence electrons. The van der Waals surface area contributed by atoms with E-state index in [9.17, 15) is 13.6 Å². The zero-order valence-electron chi connectivity index (χ0n) is 11.4. The predicted molar refractivity (Wildman–Crippen MR) is 78.5 cm³/mol. The normalized spacial score (nSPS) is 10.9. The summed E-state index contributed by atoms with van der Waals surface area (Å²) in [6.07, 6.45) is 0. The van der Waals surface area contributed by atoms with Crippen molar-refractivity contribution in [3.05, 3.63) is 70.2 Å². The van der Waals surface area contributed by atoms with Crippen molar-refractivity contribution in [3.8, 4) is 0 Å². The summed E-state index contributed by atoms with van der Waals surface area (Å²) in [5, 5.41) is 0.592. The molecule has 0 bridgehead atoms. The first kappa shape index (κ1) is 15.6. The van der Waals surface area contributed by atoms with Crippen molar-refractivity contribution in [1.82, 2.24) is 4.90 Å². The van der Waals surface area contributed by atoms with Gasteiger partial charge in [-0.1, -0.05) is 35.9 Å². The molecule has 2 rings (SSSR count). The van der Waals surface area contributed by atoms with Gasteiger partial charge in [-0.05, 0) is 30.8 Å². The lowest BCUT2D eigenvalue weighted by atomic mass is 10.1. The third-order valence-electron chi connectivity index (χ3n) is 3.05. The van der Waals surface area contributed by atoms with Gasteiger partial charge >= 0.3 is 0 Å². The zero-order chi connectivity index (χ0) is 15.4. The fraction of sp³-hybridized carbons (Fsp3) is 0.188. The van der Waals surface area contributed by atoms with Crippen LogP contribution in [0.1, 0.15) is 15.9 Å². The van der Waals surface area contributed by atoms with Crippen LogP contribution in [0.25, 0.3) is 0 Å². The third kappa shape index (κ3) is 3.86. The highest BCUT2D eigenvalue weighted by Gasteiger charge is 2.18. The highest BCUT2D eigenvalue weighted by molar-refractivity contribution is 6.31. The second-order valence-electron chi connectivity index (χ2n) is 4.78. The van der Waals surface area contributed by atoms with Crippen LogP contribution in [-0.4, -0.2) is 24.3 Å². The zero-order valence-corrected chi connectivity index (χ0v) is 12.2. The quantitative estimate of drug-likeness (QED) is 0.780. The lowest BCUT2D eigenvalue weighted by Crippen LogP contribution is -2.27. The number of hydrogen-bond donors (Lipinski definition) is 0. The Morgan fingerprint density at radius 1 is 1.10 bits per heavy atom. The molecule has 2 aromatic carbocycles. The van der Waals surface area contributed by atoms with Crippen molar-refractivity contribution < 1.29 is 13.6 Å². The molecule has 2 nitrogen and oxygen atoms in total. The molecule has 0 aromatic heterocycles. The molecule has 0 aliphatic heterocycles. The largest absolute Gasteiger partial charge is 0.295 e. The maximum atomic E-state index is 13.5. The van der Waals surface area contributed by atoms with Crippen LogP contribution in [0.15, 0.2) is 42.5 Å². The van der Waals surface area contributed by atoms with E-state index in [4.69, 9.17) is 11.6 Å². The monoisotopic (exact) mass is 309 g/mol. The van der Waals surface area contributed by atoms with Gasteiger partial charge in [0.25, 0.3) is 0 Å². The van der Waals surface area contributed by atoms with Gasteiger partial charge in [0.2, 0.25) is 0 Å². The van der Waals surface area contributed by atoms with Crippen molar-refractivity contribution in [2.75, 3.05) is 13.6 Å². The molecule has 0 saturated heterocycles. The number of rotatable bonds is 5. The van der Waals surface area contributed by atoms with E-state index in [0.717, 1.165) is 17.7 Å². The summed E-state index contributed by atoms with van der Waals surface area (Å²) in [6, 6.07) is 10.6. The van der Waals surface area contributed by atoms with E-state index in [1.165, 1.54) is 6.07 Å². The van der Waals surface area contributed by atoms with Gasteiger partial charge in [0.15, 0.2) is 5.78 Å². The smallest absolute Gasteiger partial charge is 0.182 e. The SMILES string of the molecule is CN(CC(=O)c1c(F)cccc1F)Cc1ccccc1Cl. The lowest BCUT2D eigenvalue weighted by molar-refractivity contribution is 0.0934. The average Bonchev–Trinajstić information content (AvgIpc) is 2.41. The third-order valence-corrected chi connectivity index (χ3v) is 3.42. The second kappa shape index (κ2) is 6.78. The summed E-state index contributed by atoms with van der Waals surface area (Å²) in [4.78, 5) is 13.7. The molecular weight excluding hydrogens is 296 g/mol. The van der Waals surface area contributed by atoms with Crippen LogP contribution in [0.2, 0.25) is 5.02 Å². The summed E-state index contributed by atoms with van der Waals surface area (Å²) in [7, 11) is 1.69. The first-order chi connectivity index (χ1) is 9.99. The maximum absolute atomic E-state index is 13.5. The van der Waals surface area contributed by atoms with Crippen molar-refractivity contribution >= 4 is 17.4 Å². The van der Waals surface area contributed by atoms with Crippen molar-refractivity contribution in [1.29, 1.82) is 0 Å². The molecule has 0 atom stereocenters. The molecule has 21 heavy (non-hydrogen) atoms. The van der Waals surface area contributed by atoms with Crippen molar-refractivity contribution in [2.45, 2.75) is 6.54 Å². The number of nitrogens with zero attached hydrogens (tertiary/aromatic N) is 1. The Bertz CT molecular complexity index is 640. The Labute approximate surface area is 127 Å². The van der Waals surface area contributed by atoms with E-state index < -0.39 is 23.0 Å². The fourth-order valence-corrected chi connectivity index (χ4v) is 2.26. The van der Waals surface area contributed by atoms with Gasteiger partial charge < -0.3 is 0 Å². The molecule has 0 amide bonds. The lowest BCUT2D eigenvalue weighted by Gasteiger charge is -2.17. The van der Waals surface area contributed by atoms with E-state index >= 15 is 0 Å². The molecule has 0 aliphatic rings. The van der Waals surface area contributed by atoms with Crippen LogP contribution in [0.4, 0.5) is 8.78 Å². The Kier molecular flexibility index (Phi) is 5.04. The fourth-order valence-electron chi connectivity index (χ4n) is 2.06. The van der Waals surface area contributed by atoms with E-state index in [-0.39, 0.29) is 6.54 Å². The number of hydrogen-bond acceptors (Lipinski definition) is 2. The van der Waals surface area contributed by atoms with E-state index in [2.05, 4.69) is 0 Å². The molecular formula is C16H14ClF2NO. The standard InChI is InChI=1S/C16H14ClF2NO/c1-20(9-11-5-2-3-6-12(11)17)10-15(21)16-13(18)7-4-8-14(16)19/h2-8H,9-10H2,1H3. The summed E-state index contributed by atoms with van der Waals surface area (Å²) in [5.41, 5.74) is 0.354. The molecule has 0 heterocycles. The van der Waals surface area contributed by atoms with E-state index in [1.54, 1.807) is 18.0 Å². The molecule has 5 heteroatoms. The Hall–Kier alpha value is -1.78. The number of ketones is 1. The van der Waals surface area contributed by atoms with Crippen LogP contribution in [-0.2, 0) is 6.54 Å². The average molecular weight is 310 g/mol. The number of likely N-dealkylation sites (N-methyl/N-ethyl adjacent to an activating group) is 1. The summed E-state index contributed by atoms with van der Waals surface area (Å²) in [5.74, 6) is -2.28. The number of halogens is 3. The summed E-state index contributed by atoms with van der Waals surface area (Å²) >= 11 is 6.04. The molecule has 0 aliphatic carbocycles. The Balaban J connectivity index is 2.08. The topological polar surface area (TPSA) is 20.3 Å². The minimum Gasteiger partial charge on any atom is -0.295 e. The van der Waals surface area contributed by atoms with Crippen LogP contribution in [0.5, 0.6) is 0 Å². The highest BCUT2D eigenvalue weighted by atomic mass is 35.5. The molecule has 2 aromatic rings. The van der Waals surface area contributed by atoms with Gasteiger partial charge in [0.1, 0.15) is 11.6 Å². The molecule has 0 spiro atoms. The van der Waals surface area contributed by atoms with Gasteiger partial charge in [-0.25, -0.2) is 8.78 Å². The van der Waals surface area contributed by atoms with Gasteiger partial charge in [0, 0.05) is 11.6 Å². The summed E-state index contributed by atoms with van der Waals surface area (Å²) in [6.45, 7) is 0.324. The van der Waals surface area contributed by atoms with Gasteiger partial charge in [-0.2, -0.15) is 0 Å². The van der Waals surface area contributed by atoms with Crippen LogP contribution in [0.3, 0.4) is 0 Å². The highest BCUT2D eigenvalue weighted by Crippen LogP contribution is 2.17. The van der Waals surface area contributed by atoms with Crippen LogP contribution >= 0.6 is 11.6 Å². The van der Waals surface area contributed by atoms with Crippen LogP contribution < -0.4 is 0 Å².